The number of piperidine rings is 1. The van der Waals surface area contributed by atoms with Crippen LogP contribution < -0.4 is 0 Å². The zero-order valence-corrected chi connectivity index (χ0v) is 13.5. The molecule has 2 aromatic heterocycles. The van der Waals surface area contributed by atoms with Crippen LogP contribution in [0.2, 0.25) is 0 Å². The summed E-state index contributed by atoms with van der Waals surface area (Å²) in [5, 5.41) is 9.88. The van der Waals surface area contributed by atoms with Gasteiger partial charge in [0, 0.05) is 31.9 Å². The number of rotatable bonds is 4. The second kappa shape index (κ2) is 6.39. The Balaban J connectivity index is 1.75. The monoisotopic (exact) mass is 354 g/mol. The number of likely N-dealkylation sites (tertiary alicyclic amines) is 1. The van der Waals surface area contributed by atoms with Gasteiger partial charge < -0.3 is 14.4 Å². The van der Waals surface area contributed by atoms with Gasteiger partial charge in [0.05, 0.1) is 0 Å². The molecule has 3 rings (SSSR count). The first-order valence-electron chi connectivity index (χ1n) is 7.23. The minimum Gasteiger partial charge on any atom is -0.356 e. The second-order valence-electron chi connectivity index (χ2n) is 5.15. The quantitative estimate of drug-likeness (QED) is 0.852. The van der Waals surface area contributed by atoms with Gasteiger partial charge >= 0.3 is 0 Å². The fraction of sp³-hybridized carbons (Fsp3) is 0.571. The number of fused-ring (bicyclic) bond motifs is 1. The van der Waals surface area contributed by atoms with E-state index in [0.29, 0.717) is 12.6 Å². The Kier molecular flexibility index (Phi) is 4.54. The molecule has 1 saturated heterocycles. The number of pyridine rings is 1. The second-order valence-corrected chi connectivity index (χ2v) is 5.86. The third-order valence-corrected chi connectivity index (χ3v) is 4.46. The van der Waals surface area contributed by atoms with Gasteiger partial charge in [-0.15, -0.1) is 0 Å². The molecule has 0 spiro atoms. The van der Waals surface area contributed by atoms with Gasteiger partial charge in [-0.05, 0) is 47.8 Å². The fourth-order valence-electron chi connectivity index (χ4n) is 2.84. The molecular formula is C14H19BrN4O2. The highest BCUT2D eigenvalue weighted by Crippen LogP contribution is 2.30. The highest BCUT2D eigenvalue weighted by atomic mass is 79.9. The summed E-state index contributed by atoms with van der Waals surface area (Å²) in [5.41, 5.74) is 1.81. The number of imidazole rings is 1. The smallest absolute Gasteiger partial charge is 0.216 e. The van der Waals surface area contributed by atoms with Crippen molar-refractivity contribution in [2.45, 2.75) is 32.2 Å². The molecule has 114 valence electrons. The molecular weight excluding hydrogens is 336 g/mol. The van der Waals surface area contributed by atoms with Gasteiger partial charge in [-0.1, -0.05) is 0 Å². The van der Waals surface area contributed by atoms with Crippen LogP contribution in [0.4, 0.5) is 0 Å². The van der Waals surface area contributed by atoms with Crippen molar-refractivity contribution in [3.05, 3.63) is 23.1 Å². The lowest BCUT2D eigenvalue weighted by Crippen LogP contribution is -2.43. The predicted molar refractivity (Wildman–Crippen MR) is 82.7 cm³/mol. The van der Waals surface area contributed by atoms with Crippen molar-refractivity contribution in [1.29, 1.82) is 0 Å². The van der Waals surface area contributed by atoms with Crippen LogP contribution in [0.5, 0.6) is 0 Å². The molecule has 2 aromatic rings. The fourth-order valence-corrected chi connectivity index (χ4v) is 3.49. The molecule has 7 heteroatoms. The number of aliphatic hydroxyl groups excluding tert-OH is 1. The first-order chi connectivity index (χ1) is 10.2. The summed E-state index contributed by atoms with van der Waals surface area (Å²) < 4.78 is 8.21. The molecule has 0 amide bonds. The van der Waals surface area contributed by atoms with Gasteiger partial charge in [0.1, 0.15) is 5.52 Å². The van der Waals surface area contributed by atoms with Crippen molar-refractivity contribution < 1.29 is 9.84 Å². The highest BCUT2D eigenvalue weighted by molar-refractivity contribution is 9.10. The highest BCUT2D eigenvalue weighted by Gasteiger charge is 2.27. The van der Waals surface area contributed by atoms with E-state index in [-0.39, 0.29) is 0 Å². The van der Waals surface area contributed by atoms with Crippen LogP contribution in [-0.2, 0) is 4.74 Å². The summed E-state index contributed by atoms with van der Waals surface area (Å²) in [7, 11) is 0. The molecule has 0 bridgehead atoms. The average molecular weight is 355 g/mol. The summed E-state index contributed by atoms with van der Waals surface area (Å²) in [5.74, 6) is 0. The summed E-state index contributed by atoms with van der Waals surface area (Å²) in [6.07, 6.45) is 2.87. The Labute approximate surface area is 131 Å². The van der Waals surface area contributed by atoms with Gasteiger partial charge in [0.25, 0.3) is 0 Å². The largest absolute Gasteiger partial charge is 0.356 e. The standard InChI is InChI=1S/C14H19BrN4O2/c1-2-21-14(20)18-8-5-10(6-9-18)19-12-11(17-13(19)15)4-3-7-16-12/h3-4,7,10,14,20H,2,5-6,8-9H2,1H3. The van der Waals surface area contributed by atoms with Crippen LogP contribution >= 0.6 is 15.9 Å². The van der Waals surface area contributed by atoms with Crippen molar-refractivity contribution >= 4 is 27.1 Å². The number of hydrogen-bond donors (Lipinski definition) is 1. The third kappa shape index (κ3) is 2.96. The van der Waals surface area contributed by atoms with Crippen molar-refractivity contribution in [3.63, 3.8) is 0 Å². The lowest BCUT2D eigenvalue weighted by atomic mass is 10.1. The number of hydrogen-bond acceptors (Lipinski definition) is 5. The molecule has 6 nitrogen and oxygen atoms in total. The molecule has 1 atom stereocenters. The molecule has 0 aliphatic carbocycles. The van der Waals surface area contributed by atoms with E-state index in [4.69, 9.17) is 4.74 Å². The first kappa shape index (κ1) is 14.9. The van der Waals surface area contributed by atoms with Gasteiger partial charge in [-0.2, -0.15) is 0 Å². The summed E-state index contributed by atoms with van der Waals surface area (Å²) in [6.45, 7) is 3.99. The van der Waals surface area contributed by atoms with Crippen molar-refractivity contribution in [2.24, 2.45) is 0 Å². The average Bonchev–Trinajstić information content (AvgIpc) is 2.83. The molecule has 1 fully saturated rings. The van der Waals surface area contributed by atoms with E-state index in [9.17, 15) is 5.11 Å². The van der Waals surface area contributed by atoms with Crippen LogP contribution in [-0.4, -0.2) is 50.7 Å². The number of halogens is 1. The molecule has 0 aromatic carbocycles. The lowest BCUT2D eigenvalue weighted by Gasteiger charge is -2.35. The minimum absolute atomic E-state index is 0.337. The molecule has 1 aliphatic heterocycles. The molecule has 1 aliphatic rings. The van der Waals surface area contributed by atoms with E-state index in [1.807, 2.05) is 24.0 Å². The Morgan fingerprint density at radius 2 is 2.24 bits per heavy atom. The molecule has 1 N–H and O–H groups in total. The van der Waals surface area contributed by atoms with Crippen molar-refractivity contribution in [3.8, 4) is 0 Å². The Hall–Kier alpha value is -1.02. The molecule has 3 heterocycles. The Morgan fingerprint density at radius 1 is 1.48 bits per heavy atom. The van der Waals surface area contributed by atoms with E-state index < -0.39 is 6.41 Å². The van der Waals surface area contributed by atoms with Gasteiger partial charge in [0.15, 0.2) is 10.4 Å². The van der Waals surface area contributed by atoms with Crippen LogP contribution in [0.25, 0.3) is 11.2 Å². The zero-order chi connectivity index (χ0) is 14.8. The van der Waals surface area contributed by atoms with Crippen molar-refractivity contribution in [2.75, 3.05) is 19.7 Å². The summed E-state index contributed by atoms with van der Waals surface area (Å²) in [4.78, 5) is 10.9. The maximum absolute atomic E-state index is 9.88. The van der Waals surface area contributed by atoms with Crippen LogP contribution in [0, 0.1) is 0 Å². The Morgan fingerprint density at radius 3 is 2.95 bits per heavy atom. The van der Waals surface area contributed by atoms with E-state index in [0.717, 1.165) is 41.8 Å². The third-order valence-electron chi connectivity index (χ3n) is 3.90. The van der Waals surface area contributed by atoms with Crippen LogP contribution in [0.3, 0.4) is 0 Å². The summed E-state index contributed by atoms with van der Waals surface area (Å²) >= 11 is 3.54. The maximum atomic E-state index is 9.88. The maximum Gasteiger partial charge on any atom is 0.216 e. The molecule has 0 radical (unpaired) electrons. The van der Waals surface area contributed by atoms with Crippen LogP contribution in [0.1, 0.15) is 25.8 Å². The predicted octanol–water partition coefficient (Wildman–Crippen LogP) is 2.14. The molecule has 1 unspecified atom stereocenters. The number of aliphatic hydroxyl groups is 1. The van der Waals surface area contributed by atoms with E-state index in [1.165, 1.54) is 0 Å². The zero-order valence-electron chi connectivity index (χ0n) is 11.9. The number of aromatic nitrogens is 3. The minimum atomic E-state index is -0.794. The van der Waals surface area contributed by atoms with E-state index in [2.05, 4.69) is 30.5 Å². The van der Waals surface area contributed by atoms with Gasteiger partial charge in [0.2, 0.25) is 6.41 Å². The van der Waals surface area contributed by atoms with E-state index >= 15 is 0 Å². The molecule has 21 heavy (non-hydrogen) atoms. The van der Waals surface area contributed by atoms with Crippen molar-refractivity contribution in [1.82, 2.24) is 19.4 Å². The Bertz CT molecular complexity index is 610. The van der Waals surface area contributed by atoms with Crippen LogP contribution in [0.15, 0.2) is 23.1 Å². The SMILES string of the molecule is CCOC(O)N1CCC(n2c(Br)nc3cccnc32)CC1. The number of nitrogens with zero attached hydrogens (tertiary/aromatic N) is 4. The topological polar surface area (TPSA) is 63.4 Å². The first-order valence-corrected chi connectivity index (χ1v) is 8.02. The molecule has 0 saturated carbocycles. The van der Waals surface area contributed by atoms with Gasteiger partial charge in [-0.25, -0.2) is 9.97 Å². The summed E-state index contributed by atoms with van der Waals surface area (Å²) in [6, 6.07) is 4.20. The normalized spacial score (nSPS) is 19.2. The number of ether oxygens (including phenoxy) is 1. The van der Waals surface area contributed by atoms with Gasteiger partial charge in [-0.3, -0.25) is 4.90 Å². The lowest BCUT2D eigenvalue weighted by molar-refractivity contribution is -0.196. The van der Waals surface area contributed by atoms with E-state index in [1.54, 1.807) is 6.20 Å².